The second-order valence-corrected chi connectivity index (χ2v) is 8.60. The van der Waals surface area contributed by atoms with Crippen LogP contribution in [0.4, 0.5) is 5.69 Å². The molecule has 2 aromatic heterocycles. The van der Waals surface area contributed by atoms with Gasteiger partial charge in [0.15, 0.2) is 0 Å². The summed E-state index contributed by atoms with van der Waals surface area (Å²) in [5.74, 6) is -0.0717. The number of likely N-dealkylation sites (N-methyl/N-ethyl adjacent to an activating group) is 1. The standard InChI is InChI=1S/C22H28N4O2/c1-13(28-5)21(27)26(4)15-7-6-14-10-18(23-17(14)11-15)20-16-8-9-22(2,3)12-19(16)24-25-20/h6-7,10-11,13,23H,8-9,12H2,1-5H3,(H,24,25). The first-order chi connectivity index (χ1) is 13.3. The molecule has 1 atom stereocenters. The van der Waals surface area contributed by atoms with Crippen LogP contribution < -0.4 is 4.90 Å². The predicted molar refractivity (Wildman–Crippen MR) is 112 cm³/mol. The Balaban J connectivity index is 1.67. The number of benzene rings is 1. The van der Waals surface area contributed by atoms with E-state index in [-0.39, 0.29) is 5.91 Å². The van der Waals surface area contributed by atoms with E-state index in [2.05, 4.69) is 35.1 Å². The predicted octanol–water partition coefficient (Wildman–Crippen LogP) is 4.07. The molecule has 0 fully saturated rings. The first-order valence-electron chi connectivity index (χ1n) is 9.79. The Morgan fingerprint density at radius 2 is 2.11 bits per heavy atom. The van der Waals surface area contributed by atoms with E-state index in [1.165, 1.54) is 17.7 Å². The number of ether oxygens (including phenoxy) is 1. The minimum atomic E-state index is -0.472. The van der Waals surface area contributed by atoms with E-state index in [0.717, 1.165) is 40.8 Å². The number of anilines is 1. The molecule has 2 N–H and O–H groups in total. The van der Waals surface area contributed by atoms with Gasteiger partial charge in [-0.1, -0.05) is 19.9 Å². The lowest BCUT2D eigenvalue weighted by Gasteiger charge is -2.28. The second kappa shape index (κ2) is 6.78. The van der Waals surface area contributed by atoms with Crippen molar-refractivity contribution in [3.05, 3.63) is 35.5 Å². The van der Waals surface area contributed by atoms with Crippen LogP contribution in [0, 0.1) is 5.41 Å². The fraction of sp³-hybridized carbons (Fsp3) is 0.455. The lowest BCUT2D eigenvalue weighted by molar-refractivity contribution is -0.127. The maximum atomic E-state index is 12.4. The molecule has 0 saturated heterocycles. The molecule has 3 aromatic rings. The van der Waals surface area contributed by atoms with E-state index in [1.807, 2.05) is 18.2 Å². The van der Waals surface area contributed by atoms with Gasteiger partial charge >= 0.3 is 0 Å². The van der Waals surface area contributed by atoms with Gasteiger partial charge in [0.05, 0.1) is 5.69 Å². The average Bonchev–Trinajstić information content (AvgIpc) is 3.27. The molecule has 0 saturated carbocycles. The van der Waals surface area contributed by atoms with Gasteiger partial charge in [0.2, 0.25) is 0 Å². The SMILES string of the molecule is COC(C)C(=O)N(C)c1ccc2cc(-c3n[nH]c4c3CCC(C)(C)C4)[nH]c2c1. The Hall–Kier alpha value is -2.60. The summed E-state index contributed by atoms with van der Waals surface area (Å²) in [6.07, 6.45) is 2.77. The minimum Gasteiger partial charge on any atom is -0.372 e. The van der Waals surface area contributed by atoms with Crippen molar-refractivity contribution in [3.8, 4) is 11.4 Å². The molecule has 2 heterocycles. The van der Waals surface area contributed by atoms with Gasteiger partial charge in [0.1, 0.15) is 11.8 Å². The van der Waals surface area contributed by atoms with Crippen LogP contribution in [0.25, 0.3) is 22.3 Å². The molecular formula is C22H28N4O2. The summed E-state index contributed by atoms with van der Waals surface area (Å²) < 4.78 is 5.15. The normalized spacial score (nSPS) is 16.8. The van der Waals surface area contributed by atoms with Gasteiger partial charge in [-0.2, -0.15) is 5.10 Å². The molecule has 1 aromatic carbocycles. The number of aromatic nitrogens is 3. The van der Waals surface area contributed by atoms with Gasteiger partial charge in [0.25, 0.3) is 5.91 Å². The van der Waals surface area contributed by atoms with Crippen LogP contribution in [0.5, 0.6) is 0 Å². The molecule has 0 bridgehead atoms. The van der Waals surface area contributed by atoms with Crippen molar-refractivity contribution in [1.29, 1.82) is 0 Å². The number of hydrogen-bond donors (Lipinski definition) is 2. The zero-order valence-electron chi connectivity index (χ0n) is 17.2. The number of rotatable bonds is 4. The van der Waals surface area contributed by atoms with E-state index >= 15 is 0 Å². The first kappa shape index (κ1) is 18.7. The van der Waals surface area contributed by atoms with Crippen molar-refractivity contribution >= 4 is 22.5 Å². The molecule has 6 heteroatoms. The largest absolute Gasteiger partial charge is 0.372 e. The number of carbonyl (C=O) groups is 1. The Morgan fingerprint density at radius 1 is 1.32 bits per heavy atom. The average molecular weight is 380 g/mol. The quantitative estimate of drug-likeness (QED) is 0.716. The lowest BCUT2D eigenvalue weighted by atomic mass is 9.76. The number of carbonyl (C=O) groups excluding carboxylic acids is 1. The van der Waals surface area contributed by atoms with Crippen molar-refractivity contribution in [2.45, 2.75) is 46.1 Å². The fourth-order valence-corrected chi connectivity index (χ4v) is 4.02. The summed E-state index contributed by atoms with van der Waals surface area (Å²) in [6, 6.07) is 8.13. The van der Waals surface area contributed by atoms with Gasteiger partial charge in [0, 0.05) is 42.0 Å². The van der Waals surface area contributed by atoms with Crippen LogP contribution >= 0.6 is 0 Å². The number of H-pyrrole nitrogens is 2. The highest BCUT2D eigenvalue weighted by Crippen LogP contribution is 2.38. The zero-order chi connectivity index (χ0) is 20.1. The highest BCUT2D eigenvalue weighted by Gasteiger charge is 2.29. The van der Waals surface area contributed by atoms with Crippen LogP contribution in [-0.4, -0.2) is 41.3 Å². The molecule has 0 aliphatic heterocycles. The lowest BCUT2D eigenvalue weighted by Crippen LogP contribution is -2.35. The third-order valence-corrected chi connectivity index (χ3v) is 5.94. The molecule has 1 unspecified atom stereocenters. The summed E-state index contributed by atoms with van der Waals surface area (Å²) in [5, 5.41) is 8.97. The van der Waals surface area contributed by atoms with Gasteiger partial charge in [-0.15, -0.1) is 0 Å². The van der Waals surface area contributed by atoms with Crippen LogP contribution in [0.2, 0.25) is 0 Å². The monoisotopic (exact) mass is 380 g/mol. The molecule has 1 amide bonds. The fourth-order valence-electron chi connectivity index (χ4n) is 4.02. The molecule has 6 nitrogen and oxygen atoms in total. The topological polar surface area (TPSA) is 74.0 Å². The van der Waals surface area contributed by atoms with Gasteiger partial charge in [-0.25, -0.2) is 0 Å². The number of nitrogens with zero attached hydrogens (tertiary/aromatic N) is 2. The van der Waals surface area contributed by atoms with E-state index in [0.29, 0.717) is 5.41 Å². The molecule has 28 heavy (non-hydrogen) atoms. The van der Waals surface area contributed by atoms with Crippen LogP contribution in [0.3, 0.4) is 0 Å². The first-order valence-corrected chi connectivity index (χ1v) is 9.79. The summed E-state index contributed by atoms with van der Waals surface area (Å²) >= 11 is 0. The molecule has 148 valence electrons. The molecule has 0 spiro atoms. The summed E-state index contributed by atoms with van der Waals surface area (Å²) in [4.78, 5) is 17.5. The molecule has 1 aliphatic carbocycles. The van der Waals surface area contributed by atoms with Crippen molar-refractivity contribution in [2.75, 3.05) is 19.1 Å². The van der Waals surface area contributed by atoms with Crippen LogP contribution in [0.1, 0.15) is 38.4 Å². The maximum Gasteiger partial charge on any atom is 0.255 e. The molecular weight excluding hydrogens is 352 g/mol. The van der Waals surface area contributed by atoms with Crippen LogP contribution in [-0.2, 0) is 22.4 Å². The summed E-state index contributed by atoms with van der Waals surface area (Å²) in [6.45, 7) is 6.37. The highest BCUT2D eigenvalue weighted by atomic mass is 16.5. The molecule has 4 rings (SSSR count). The number of methoxy groups -OCH3 is 1. The summed E-state index contributed by atoms with van der Waals surface area (Å²) in [5.41, 5.74) is 6.76. The van der Waals surface area contributed by atoms with Gasteiger partial charge in [-0.3, -0.25) is 9.89 Å². The smallest absolute Gasteiger partial charge is 0.255 e. The van der Waals surface area contributed by atoms with E-state index in [4.69, 9.17) is 4.74 Å². The van der Waals surface area contributed by atoms with Crippen molar-refractivity contribution < 1.29 is 9.53 Å². The number of nitrogens with one attached hydrogen (secondary N) is 2. The summed E-state index contributed by atoms with van der Waals surface area (Å²) in [7, 11) is 3.32. The van der Waals surface area contributed by atoms with Crippen molar-refractivity contribution in [3.63, 3.8) is 0 Å². The van der Waals surface area contributed by atoms with Crippen molar-refractivity contribution in [2.24, 2.45) is 5.41 Å². The van der Waals surface area contributed by atoms with Gasteiger partial charge in [-0.05, 0) is 49.8 Å². The van der Waals surface area contributed by atoms with Gasteiger partial charge < -0.3 is 14.6 Å². The Labute approximate surface area is 165 Å². The number of fused-ring (bicyclic) bond motifs is 2. The Bertz CT molecular complexity index is 1030. The molecule has 0 radical (unpaired) electrons. The number of hydrogen-bond acceptors (Lipinski definition) is 3. The minimum absolute atomic E-state index is 0.0717. The molecule has 1 aliphatic rings. The second-order valence-electron chi connectivity index (χ2n) is 8.60. The number of aromatic amines is 2. The Morgan fingerprint density at radius 3 is 2.86 bits per heavy atom. The number of amides is 1. The third-order valence-electron chi connectivity index (χ3n) is 5.94. The van der Waals surface area contributed by atoms with E-state index < -0.39 is 6.10 Å². The maximum absolute atomic E-state index is 12.4. The van der Waals surface area contributed by atoms with E-state index in [1.54, 1.807) is 26.0 Å². The van der Waals surface area contributed by atoms with Crippen LogP contribution in [0.15, 0.2) is 24.3 Å². The third kappa shape index (κ3) is 3.22. The van der Waals surface area contributed by atoms with Crippen molar-refractivity contribution in [1.82, 2.24) is 15.2 Å². The highest BCUT2D eigenvalue weighted by molar-refractivity contribution is 5.98. The Kier molecular flexibility index (Phi) is 4.54. The zero-order valence-corrected chi connectivity index (χ0v) is 17.2. The van der Waals surface area contributed by atoms with E-state index in [9.17, 15) is 4.79 Å².